The first-order valence-electron chi connectivity index (χ1n) is 5.25. The van der Waals surface area contributed by atoms with Crippen LogP contribution < -0.4 is 0 Å². The maximum Gasteiger partial charge on any atom is 0.0851 e. The van der Waals surface area contributed by atoms with E-state index in [1.165, 1.54) is 0 Å². The fourth-order valence-corrected chi connectivity index (χ4v) is 1.95. The molecular weight excluding hydrogens is 176 g/mol. The van der Waals surface area contributed by atoms with E-state index in [0.717, 1.165) is 5.57 Å². The molecule has 4 atom stereocenters. The molecule has 0 aromatic rings. The maximum atomic E-state index is 9.76. The van der Waals surface area contributed by atoms with Crippen LogP contribution in [0.2, 0.25) is 0 Å². The second kappa shape index (κ2) is 4.76. The quantitative estimate of drug-likeness (QED) is 0.749. The van der Waals surface area contributed by atoms with Gasteiger partial charge >= 0.3 is 0 Å². The van der Waals surface area contributed by atoms with Gasteiger partial charge in [-0.05, 0) is 24.3 Å². The summed E-state index contributed by atoms with van der Waals surface area (Å²) >= 11 is 0. The Balaban J connectivity index is 2.89. The zero-order valence-electron chi connectivity index (χ0n) is 9.23. The zero-order chi connectivity index (χ0) is 10.7. The van der Waals surface area contributed by atoms with Gasteiger partial charge in [-0.2, -0.15) is 0 Å². The third kappa shape index (κ3) is 2.07. The van der Waals surface area contributed by atoms with Crippen LogP contribution >= 0.6 is 0 Å². The Morgan fingerprint density at radius 2 is 2.14 bits per heavy atom. The number of rotatable bonds is 3. The van der Waals surface area contributed by atoms with Crippen LogP contribution in [0.15, 0.2) is 24.3 Å². The molecule has 1 aliphatic carbocycles. The van der Waals surface area contributed by atoms with Crippen LogP contribution in [-0.2, 0) is 4.74 Å². The Labute approximate surface area is 86.3 Å². The molecular formula is C12H20O2. The summed E-state index contributed by atoms with van der Waals surface area (Å²) in [6.07, 6.45) is 3.37. The first kappa shape index (κ1) is 11.5. The number of ether oxygens (including phenoxy) is 1. The molecule has 0 amide bonds. The van der Waals surface area contributed by atoms with Gasteiger partial charge in [0, 0.05) is 6.61 Å². The van der Waals surface area contributed by atoms with Crippen molar-refractivity contribution in [2.24, 2.45) is 11.8 Å². The Hall–Kier alpha value is -0.600. The van der Waals surface area contributed by atoms with E-state index >= 15 is 0 Å². The maximum absolute atomic E-state index is 9.76. The van der Waals surface area contributed by atoms with Crippen molar-refractivity contribution in [2.75, 3.05) is 6.61 Å². The Kier molecular flexibility index (Phi) is 3.90. The average molecular weight is 196 g/mol. The van der Waals surface area contributed by atoms with E-state index in [0.29, 0.717) is 12.5 Å². The highest BCUT2D eigenvalue weighted by Crippen LogP contribution is 2.32. The summed E-state index contributed by atoms with van der Waals surface area (Å²) in [6.45, 7) is 10.6. The summed E-state index contributed by atoms with van der Waals surface area (Å²) in [5.74, 6) is 0.582. The van der Waals surface area contributed by atoms with E-state index in [4.69, 9.17) is 4.74 Å². The molecule has 4 unspecified atom stereocenters. The minimum atomic E-state index is -0.366. The monoisotopic (exact) mass is 196 g/mol. The van der Waals surface area contributed by atoms with Gasteiger partial charge in [0.2, 0.25) is 0 Å². The van der Waals surface area contributed by atoms with Crippen molar-refractivity contribution >= 4 is 0 Å². The highest BCUT2D eigenvalue weighted by atomic mass is 16.5. The summed E-state index contributed by atoms with van der Waals surface area (Å²) in [6, 6.07) is 0. The second-order valence-corrected chi connectivity index (χ2v) is 3.96. The highest BCUT2D eigenvalue weighted by Gasteiger charge is 2.33. The lowest BCUT2D eigenvalue weighted by Crippen LogP contribution is -2.38. The minimum Gasteiger partial charge on any atom is -0.389 e. The highest BCUT2D eigenvalue weighted by molar-refractivity contribution is 5.27. The first-order chi connectivity index (χ1) is 6.61. The van der Waals surface area contributed by atoms with Gasteiger partial charge in [0.15, 0.2) is 0 Å². The lowest BCUT2D eigenvalue weighted by Gasteiger charge is -2.36. The van der Waals surface area contributed by atoms with Crippen LogP contribution in [0.3, 0.4) is 0 Å². The molecule has 0 spiro atoms. The smallest absolute Gasteiger partial charge is 0.0851 e. The Bertz CT molecular complexity index is 232. The molecule has 2 nitrogen and oxygen atoms in total. The van der Waals surface area contributed by atoms with Gasteiger partial charge in [0.25, 0.3) is 0 Å². The van der Waals surface area contributed by atoms with Gasteiger partial charge < -0.3 is 9.84 Å². The van der Waals surface area contributed by atoms with Crippen LogP contribution in [0, 0.1) is 11.8 Å². The SMILES string of the molecule is C=CC1=CC(O)C(C)C(C)C1OCC. The van der Waals surface area contributed by atoms with Crippen molar-refractivity contribution in [3.05, 3.63) is 24.3 Å². The number of aliphatic hydroxyl groups is 1. The molecule has 80 valence electrons. The summed E-state index contributed by atoms with van der Waals surface area (Å²) in [5.41, 5.74) is 1.02. The standard InChI is InChI=1S/C12H20O2/c1-5-10-7-11(13)8(3)9(4)12(10)14-6-2/h5,7-9,11-13H,1,6H2,2-4H3. The summed E-state index contributed by atoms with van der Waals surface area (Å²) in [7, 11) is 0. The third-order valence-electron chi connectivity index (χ3n) is 3.12. The molecule has 0 radical (unpaired) electrons. The van der Waals surface area contributed by atoms with Crippen molar-refractivity contribution in [3.63, 3.8) is 0 Å². The first-order valence-corrected chi connectivity index (χ1v) is 5.25. The van der Waals surface area contributed by atoms with E-state index in [1.807, 2.05) is 13.0 Å². The van der Waals surface area contributed by atoms with Gasteiger partial charge in [-0.1, -0.05) is 32.6 Å². The lowest BCUT2D eigenvalue weighted by molar-refractivity contribution is -0.00162. The molecule has 1 N–H and O–H groups in total. The molecule has 2 heteroatoms. The fraction of sp³-hybridized carbons (Fsp3) is 0.667. The van der Waals surface area contributed by atoms with Gasteiger partial charge in [-0.15, -0.1) is 0 Å². The molecule has 14 heavy (non-hydrogen) atoms. The van der Waals surface area contributed by atoms with Gasteiger partial charge in [-0.3, -0.25) is 0 Å². The van der Waals surface area contributed by atoms with Crippen LogP contribution in [0.5, 0.6) is 0 Å². The van der Waals surface area contributed by atoms with Gasteiger partial charge in [0.1, 0.15) is 0 Å². The van der Waals surface area contributed by atoms with E-state index < -0.39 is 0 Å². The predicted molar refractivity (Wildman–Crippen MR) is 58.0 cm³/mol. The van der Waals surface area contributed by atoms with Crippen LogP contribution in [0.4, 0.5) is 0 Å². The third-order valence-corrected chi connectivity index (χ3v) is 3.12. The molecule has 0 bridgehead atoms. The van der Waals surface area contributed by atoms with Crippen LogP contribution in [0.1, 0.15) is 20.8 Å². The number of hydrogen-bond donors (Lipinski definition) is 1. The van der Waals surface area contributed by atoms with Crippen molar-refractivity contribution in [1.82, 2.24) is 0 Å². The molecule has 0 aromatic heterocycles. The Morgan fingerprint density at radius 1 is 1.50 bits per heavy atom. The van der Waals surface area contributed by atoms with Crippen LogP contribution in [-0.4, -0.2) is 23.9 Å². The van der Waals surface area contributed by atoms with Gasteiger partial charge in [0.05, 0.1) is 12.2 Å². The van der Waals surface area contributed by atoms with Crippen LogP contribution in [0.25, 0.3) is 0 Å². The van der Waals surface area contributed by atoms with Crippen molar-refractivity contribution in [3.8, 4) is 0 Å². The second-order valence-electron chi connectivity index (χ2n) is 3.96. The number of aliphatic hydroxyl groups excluding tert-OH is 1. The molecule has 0 saturated heterocycles. The van der Waals surface area contributed by atoms with Crippen molar-refractivity contribution in [2.45, 2.75) is 33.0 Å². The topological polar surface area (TPSA) is 29.5 Å². The zero-order valence-corrected chi connectivity index (χ0v) is 9.23. The Morgan fingerprint density at radius 3 is 2.64 bits per heavy atom. The summed E-state index contributed by atoms with van der Waals surface area (Å²) in [4.78, 5) is 0. The van der Waals surface area contributed by atoms with E-state index in [2.05, 4.69) is 20.4 Å². The molecule has 0 fully saturated rings. The minimum absolute atomic E-state index is 0.0934. The van der Waals surface area contributed by atoms with Crippen molar-refractivity contribution < 1.29 is 9.84 Å². The van der Waals surface area contributed by atoms with Gasteiger partial charge in [-0.25, -0.2) is 0 Å². The molecule has 0 aromatic carbocycles. The molecule has 1 rings (SSSR count). The van der Waals surface area contributed by atoms with E-state index in [1.54, 1.807) is 6.08 Å². The largest absolute Gasteiger partial charge is 0.389 e. The summed E-state index contributed by atoms with van der Waals surface area (Å²) < 4.78 is 5.67. The fourth-order valence-electron chi connectivity index (χ4n) is 1.95. The normalized spacial score (nSPS) is 37.9. The average Bonchev–Trinajstić information content (AvgIpc) is 2.19. The molecule has 0 heterocycles. The molecule has 0 aliphatic heterocycles. The van der Waals surface area contributed by atoms with Crippen molar-refractivity contribution in [1.29, 1.82) is 0 Å². The lowest BCUT2D eigenvalue weighted by atomic mass is 9.78. The molecule has 0 saturated carbocycles. The predicted octanol–water partition coefficient (Wildman–Crippen LogP) is 2.15. The molecule has 1 aliphatic rings. The van der Waals surface area contributed by atoms with E-state index in [-0.39, 0.29) is 18.1 Å². The summed E-state index contributed by atoms with van der Waals surface area (Å²) in [5, 5.41) is 9.76. The number of hydrogen-bond acceptors (Lipinski definition) is 2. The van der Waals surface area contributed by atoms with E-state index in [9.17, 15) is 5.11 Å².